The standard InChI is InChI=1S/C17H17FO2.C11H13FN2O/c1-3-8-20-17-7-5-13(10-14(17)11-19)15-6-4-12(2)9-16(15)18;1-13-11(15)4-7-6-14-10-3-2-8(12)5-9(7)10/h4-7,9-11H,3,8H2,1-2H3;2-3,5-6,11,13-15H,4H2,1H3. The molecular weight excluding hydrogens is 450 g/mol. The zero-order valence-corrected chi connectivity index (χ0v) is 20.1. The summed E-state index contributed by atoms with van der Waals surface area (Å²) in [5.74, 6) is -0.00973. The Morgan fingerprint density at radius 1 is 1.11 bits per heavy atom. The zero-order valence-electron chi connectivity index (χ0n) is 20.1. The number of carbonyl (C=O) groups excluding carboxylic acids is 1. The van der Waals surface area contributed by atoms with Crippen LogP contribution >= 0.6 is 0 Å². The Labute approximate surface area is 203 Å². The number of aliphatic hydroxyl groups is 1. The van der Waals surface area contributed by atoms with Crippen molar-refractivity contribution in [2.45, 2.75) is 32.9 Å². The van der Waals surface area contributed by atoms with Gasteiger partial charge in [-0.3, -0.25) is 10.1 Å². The van der Waals surface area contributed by atoms with Crippen molar-refractivity contribution in [2.24, 2.45) is 0 Å². The number of hydrogen-bond acceptors (Lipinski definition) is 4. The first-order chi connectivity index (χ1) is 16.9. The SMILES string of the molecule is CCCOc1ccc(-c2ccc(C)cc2F)cc1C=O.CNC(O)Cc1c[nH]c2ccc(F)cc12. The molecule has 184 valence electrons. The summed E-state index contributed by atoms with van der Waals surface area (Å²) < 4.78 is 32.5. The van der Waals surface area contributed by atoms with E-state index in [1.807, 2.05) is 19.9 Å². The quantitative estimate of drug-likeness (QED) is 0.220. The van der Waals surface area contributed by atoms with Crippen molar-refractivity contribution in [1.29, 1.82) is 0 Å². The highest BCUT2D eigenvalue weighted by molar-refractivity contribution is 5.84. The normalized spacial score (nSPS) is 11.6. The minimum atomic E-state index is -0.604. The van der Waals surface area contributed by atoms with Crippen LogP contribution in [0, 0.1) is 18.6 Å². The molecule has 0 saturated heterocycles. The molecule has 1 atom stereocenters. The molecule has 1 aromatic heterocycles. The molecule has 4 aromatic rings. The number of aromatic amines is 1. The number of carbonyl (C=O) groups is 1. The van der Waals surface area contributed by atoms with Gasteiger partial charge in [-0.25, -0.2) is 8.78 Å². The van der Waals surface area contributed by atoms with Crippen LogP contribution in [0.1, 0.15) is 34.8 Å². The lowest BCUT2D eigenvalue weighted by Gasteiger charge is -2.10. The molecule has 1 heterocycles. The zero-order chi connectivity index (χ0) is 25.4. The predicted octanol–water partition coefficient (Wildman–Crippen LogP) is 5.79. The fourth-order valence-corrected chi connectivity index (χ4v) is 3.64. The number of fused-ring (bicyclic) bond motifs is 1. The second-order valence-corrected chi connectivity index (χ2v) is 8.21. The third-order valence-corrected chi connectivity index (χ3v) is 5.51. The molecule has 0 aliphatic carbocycles. The van der Waals surface area contributed by atoms with Gasteiger partial charge in [0.15, 0.2) is 6.29 Å². The highest BCUT2D eigenvalue weighted by atomic mass is 19.1. The maximum Gasteiger partial charge on any atom is 0.153 e. The second-order valence-electron chi connectivity index (χ2n) is 8.21. The molecule has 0 spiro atoms. The van der Waals surface area contributed by atoms with Crippen LogP contribution < -0.4 is 10.1 Å². The summed E-state index contributed by atoms with van der Waals surface area (Å²) in [7, 11) is 1.68. The molecule has 0 fully saturated rings. The van der Waals surface area contributed by atoms with E-state index in [1.54, 1.807) is 43.6 Å². The van der Waals surface area contributed by atoms with E-state index in [0.717, 1.165) is 34.7 Å². The lowest BCUT2D eigenvalue weighted by molar-refractivity contribution is 0.111. The summed E-state index contributed by atoms with van der Waals surface area (Å²) in [6, 6.07) is 14.8. The molecule has 0 saturated carbocycles. The van der Waals surface area contributed by atoms with Crippen molar-refractivity contribution in [2.75, 3.05) is 13.7 Å². The number of aliphatic hydroxyl groups excluding tert-OH is 1. The van der Waals surface area contributed by atoms with Crippen molar-refractivity contribution in [3.8, 4) is 16.9 Å². The molecule has 0 amide bonds. The molecule has 5 nitrogen and oxygen atoms in total. The number of H-pyrrole nitrogens is 1. The van der Waals surface area contributed by atoms with Crippen LogP contribution in [0.4, 0.5) is 8.78 Å². The smallest absolute Gasteiger partial charge is 0.153 e. The molecular formula is C28H30F2N2O3. The predicted molar refractivity (Wildman–Crippen MR) is 135 cm³/mol. The Kier molecular flexibility index (Phi) is 9.11. The molecule has 0 bridgehead atoms. The van der Waals surface area contributed by atoms with Crippen molar-refractivity contribution in [3.05, 3.63) is 89.1 Å². The van der Waals surface area contributed by atoms with Crippen LogP contribution in [0.2, 0.25) is 0 Å². The van der Waals surface area contributed by atoms with Crippen molar-refractivity contribution in [1.82, 2.24) is 10.3 Å². The molecule has 7 heteroatoms. The van der Waals surface area contributed by atoms with E-state index in [4.69, 9.17) is 4.74 Å². The minimum Gasteiger partial charge on any atom is -0.493 e. The highest BCUT2D eigenvalue weighted by Gasteiger charge is 2.10. The van der Waals surface area contributed by atoms with Gasteiger partial charge in [-0.1, -0.05) is 25.1 Å². The number of hydrogen-bond donors (Lipinski definition) is 3. The Balaban J connectivity index is 0.000000203. The molecule has 0 aliphatic heterocycles. The van der Waals surface area contributed by atoms with E-state index in [1.165, 1.54) is 18.2 Å². The Morgan fingerprint density at radius 2 is 1.91 bits per heavy atom. The maximum absolute atomic E-state index is 14.0. The Bertz CT molecular complexity index is 1290. The van der Waals surface area contributed by atoms with Gasteiger partial charge in [-0.15, -0.1) is 0 Å². The van der Waals surface area contributed by atoms with Gasteiger partial charge in [0.2, 0.25) is 0 Å². The van der Waals surface area contributed by atoms with Gasteiger partial charge < -0.3 is 14.8 Å². The van der Waals surface area contributed by atoms with Gasteiger partial charge in [-0.05, 0) is 73.5 Å². The summed E-state index contributed by atoms with van der Waals surface area (Å²) in [6.07, 6.45) is 3.25. The van der Waals surface area contributed by atoms with Crippen molar-refractivity contribution >= 4 is 17.2 Å². The molecule has 3 aromatic carbocycles. The van der Waals surface area contributed by atoms with Crippen LogP contribution in [0.5, 0.6) is 5.75 Å². The molecule has 1 unspecified atom stereocenters. The van der Waals surface area contributed by atoms with Gasteiger partial charge in [0, 0.05) is 29.1 Å². The minimum absolute atomic E-state index is 0.262. The first-order valence-corrected chi connectivity index (χ1v) is 11.5. The van der Waals surface area contributed by atoms with Gasteiger partial charge in [0.25, 0.3) is 0 Å². The van der Waals surface area contributed by atoms with Gasteiger partial charge in [0.05, 0.1) is 12.2 Å². The van der Waals surface area contributed by atoms with Gasteiger partial charge in [-0.2, -0.15) is 0 Å². The van der Waals surface area contributed by atoms with E-state index in [0.29, 0.717) is 35.5 Å². The van der Waals surface area contributed by atoms with Crippen LogP contribution in [-0.2, 0) is 6.42 Å². The average molecular weight is 481 g/mol. The molecule has 0 aliphatic rings. The summed E-state index contributed by atoms with van der Waals surface area (Å²) in [5, 5.41) is 13.0. The van der Waals surface area contributed by atoms with Gasteiger partial charge in [0.1, 0.15) is 23.6 Å². The lowest BCUT2D eigenvalue weighted by Crippen LogP contribution is -2.26. The van der Waals surface area contributed by atoms with Crippen molar-refractivity contribution < 1.29 is 23.4 Å². The monoisotopic (exact) mass is 480 g/mol. The van der Waals surface area contributed by atoms with E-state index in [9.17, 15) is 18.7 Å². The summed E-state index contributed by atoms with van der Waals surface area (Å²) >= 11 is 0. The number of likely N-dealkylation sites (N-methyl/N-ethyl adjacent to an activating group) is 1. The van der Waals surface area contributed by atoms with Crippen molar-refractivity contribution in [3.63, 3.8) is 0 Å². The third-order valence-electron chi connectivity index (χ3n) is 5.51. The summed E-state index contributed by atoms with van der Waals surface area (Å²) in [6.45, 7) is 4.39. The van der Waals surface area contributed by atoms with Crippen LogP contribution in [0.25, 0.3) is 22.0 Å². The van der Waals surface area contributed by atoms with Crippen LogP contribution in [-0.4, -0.2) is 36.3 Å². The number of aryl methyl sites for hydroxylation is 1. The van der Waals surface area contributed by atoms with E-state index in [-0.39, 0.29) is 11.6 Å². The largest absolute Gasteiger partial charge is 0.493 e. The topological polar surface area (TPSA) is 74.3 Å². The summed E-state index contributed by atoms with van der Waals surface area (Å²) in [5.41, 5.74) is 4.26. The number of ether oxygens (including phenoxy) is 1. The number of benzene rings is 3. The lowest BCUT2D eigenvalue weighted by atomic mass is 10.0. The van der Waals surface area contributed by atoms with E-state index >= 15 is 0 Å². The summed E-state index contributed by atoms with van der Waals surface area (Å²) in [4.78, 5) is 14.2. The van der Waals surface area contributed by atoms with Crippen LogP contribution in [0.3, 0.4) is 0 Å². The number of aromatic nitrogens is 1. The number of rotatable bonds is 8. The highest BCUT2D eigenvalue weighted by Crippen LogP contribution is 2.28. The first-order valence-electron chi connectivity index (χ1n) is 11.5. The fraction of sp³-hybridized carbons (Fsp3) is 0.250. The molecule has 3 N–H and O–H groups in total. The number of halogens is 2. The van der Waals surface area contributed by atoms with Crippen LogP contribution in [0.15, 0.2) is 60.8 Å². The molecule has 4 rings (SSSR count). The first kappa shape index (κ1) is 26.1. The Hall–Kier alpha value is -3.55. The number of aldehydes is 1. The third kappa shape index (κ3) is 6.74. The molecule has 0 radical (unpaired) electrons. The van der Waals surface area contributed by atoms with E-state index < -0.39 is 6.23 Å². The fourth-order valence-electron chi connectivity index (χ4n) is 3.64. The second kappa shape index (κ2) is 12.2. The van der Waals surface area contributed by atoms with E-state index in [2.05, 4.69) is 10.3 Å². The molecule has 35 heavy (non-hydrogen) atoms. The van der Waals surface area contributed by atoms with Gasteiger partial charge >= 0.3 is 0 Å². The maximum atomic E-state index is 14.0. The average Bonchev–Trinajstić information content (AvgIpc) is 3.24. The Morgan fingerprint density at radius 3 is 2.60 bits per heavy atom. The number of nitrogens with one attached hydrogen (secondary N) is 2.